The summed E-state index contributed by atoms with van der Waals surface area (Å²) in [5.41, 5.74) is 1.85. The molecule has 0 aliphatic carbocycles. The van der Waals surface area contributed by atoms with Crippen molar-refractivity contribution in [2.75, 3.05) is 24.5 Å². The van der Waals surface area contributed by atoms with Gasteiger partial charge in [-0.15, -0.1) is 0 Å². The Morgan fingerprint density at radius 1 is 1.10 bits per heavy atom. The molecule has 1 atom stereocenters. The zero-order chi connectivity index (χ0) is 15.0. The molecule has 20 heavy (non-hydrogen) atoms. The lowest BCUT2D eigenvalue weighted by Crippen LogP contribution is -2.29. The predicted molar refractivity (Wildman–Crippen MR) is 85.9 cm³/mol. The van der Waals surface area contributed by atoms with Gasteiger partial charge in [-0.3, -0.25) is 0 Å². The van der Waals surface area contributed by atoms with Crippen molar-refractivity contribution in [3.8, 4) is 0 Å². The third-order valence-corrected chi connectivity index (χ3v) is 3.49. The van der Waals surface area contributed by atoms with Crippen molar-refractivity contribution < 1.29 is 4.39 Å². The first-order valence-corrected chi connectivity index (χ1v) is 7.92. The highest BCUT2D eigenvalue weighted by molar-refractivity contribution is 5.55. The summed E-state index contributed by atoms with van der Waals surface area (Å²) < 4.78 is 14.3. The number of anilines is 1. The Balaban J connectivity index is 3.07. The quantitative estimate of drug-likeness (QED) is 0.716. The van der Waals surface area contributed by atoms with Gasteiger partial charge >= 0.3 is 0 Å². The van der Waals surface area contributed by atoms with Gasteiger partial charge in [-0.2, -0.15) is 0 Å². The molecule has 114 valence electrons. The van der Waals surface area contributed by atoms with Crippen LogP contribution in [0.15, 0.2) is 18.2 Å². The second-order valence-corrected chi connectivity index (χ2v) is 5.34. The molecular weight excluding hydrogens is 251 g/mol. The topological polar surface area (TPSA) is 15.3 Å². The van der Waals surface area contributed by atoms with Crippen molar-refractivity contribution in [3.05, 3.63) is 29.6 Å². The molecule has 1 aromatic rings. The van der Waals surface area contributed by atoms with Gasteiger partial charge in [0.25, 0.3) is 0 Å². The van der Waals surface area contributed by atoms with E-state index in [4.69, 9.17) is 0 Å². The van der Waals surface area contributed by atoms with Crippen LogP contribution in [0.5, 0.6) is 0 Å². The smallest absolute Gasteiger partial charge is 0.130 e. The van der Waals surface area contributed by atoms with E-state index < -0.39 is 0 Å². The van der Waals surface area contributed by atoms with E-state index in [-0.39, 0.29) is 11.9 Å². The highest BCUT2D eigenvalue weighted by Crippen LogP contribution is 2.29. The van der Waals surface area contributed by atoms with Crippen molar-refractivity contribution in [1.82, 2.24) is 5.32 Å². The van der Waals surface area contributed by atoms with Crippen LogP contribution in [0.25, 0.3) is 0 Å². The third kappa shape index (κ3) is 4.48. The van der Waals surface area contributed by atoms with Crippen molar-refractivity contribution >= 4 is 5.69 Å². The summed E-state index contributed by atoms with van der Waals surface area (Å²) in [7, 11) is 0. The minimum Gasteiger partial charge on any atom is -0.371 e. The minimum absolute atomic E-state index is 0.0439. The van der Waals surface area contributed by atoms with Gasteiger partial charge in [-0.25, -0.2) is 4.39 Å². The maximum Gasteiger partial charge on any atom is 0.130 e. The fraction of sp³-hybridized carbons (Fsp3) is 0.647. The molecule has 0 bridgehead atoms. The predicted octanol–water partition coefficient (Wildman–Crippen LogP) is 4.51. The maximum atomic E-state index is 14.3. The molecule has 0 heterocycles. The van der Waals surface area contributed by atoms with Gasteiger partial charge in [0.05, 0.1) is 0 Å². The largest absolute Gasteiger partial charge is 0.371 e. The van der Waals surface area contributed by atoms with E-state index in [1.807, 2.05) is 19.1 Å². The number of nitrogens with zero attached hydrogens (tertiary/aromatic N) is 1. The van der Waals surface area contributed by atoms with Crippen LogP contribution in [-0.2, 0) is 0 Å². The molecule has 1 aromatic carbocycles. The number of halogens is 1. The first-order chi connectivity index (χ1) is 9.65. The molecule has 0 aliphatic heterocycles. The zero-order valence-electron chi connectivity index (χ0n) is 13.4. The second kappa shape index (κ2) is 8.96. The van der Waals surface area contributed by atoms with Crippen molar-refractivity contribution in [1.29, 1.82) is 0 Å². The summed E-state index contributed by atoms with van der Waals surface area (Å²) in [5.74, 6) is -0.101. The standard InChI is InChI=1S/C17H29FN2/c1-5-11-19-14(4)17-15(18)9-8-10-16(17)20(12-6-2)13-7-3/h8-10,14,19H,5-7,11-13H2,1-4H3. The third-order valence-electron chi connectivity index (χ3n) is 3.49. The average molecular weight is 280 g/mol. The minimum atomic E-state index is -0.101. The Morgan fingerprint density at radius 2 is 1.75 bits per heavy atom. The van der Waals surface area contributed by atoms with E-state index >= 15 is 0 Å². The van der Waals surface area contributed by atoms with Crippen LogP contribution in [0.2, 0.25) is 0 Å². The molecule has 0 aliphatic rings. The first kappa shape index (κ1) is 17.0. The van der Waals surface area contributed by atoms with Crippen LogP contribution in [0.3, 0.4) is 0 Å². The van der Waals surface area contributed by atoms with Crippen molar-refractivity contribution in [2.24, 2.45) is 0 Å². The molecule has 2 nitrogen and oxygen atoms in total. The number of benzene rings is 1. The van der Waals surface area contributed by atoms with E-state index in [1.165, 1.54) is 0 Å². The summed E-state index contributed by atoms with van der Waals surface area (Å²) in [6.07, 6.45) is 3.21. The molecule has 1 unspecified atom stereocenters. The highest BCUT2D eigenvalue weighted by Gasteiger charge is 2.18. The molecule has 0 amide bonds. The summed E-state index contributed by atoms with van der Waals surface area (Å²) >= 11 is 0. The Labute approximate surface area is 123 Å². The molecule has 0 radical (unpaired) electrons. The molecule has 0 spiro atoms. The molecule has 1 rings (SSSR count). The zero-order valence-corrected chi connectivity index (χ0v) is 13.4. The molecule has 0 saturated carbocycles. The van der Waals surface area contributed by atoms with Crippen LogP contribution in [-0.4, -0.2) is 19.6 Å². The average Bonchev–Trinajstić information content (AvgIpc) is 2.44. The SMILES string of the molecule is CCCNC(C)c1c(F)cccc1N(CCC)CCC. The van der Waals surface area contributed by atoms with E-state index in [0.29, 0.717) is 0 Å². The lowest BCUT2D eigenvalue weighted by atomic mass is 10.0. The first-order valence-electron chi connectivity index (χ1n) is 7.92. The highest BCUT2D eigenvalue weighted by atomic mass is 19.1. The van der Waals surface area contributed by atoms with E-state index in [9.17, 15) is 4.39 Å². The summed E-state index contributed by atoms with van der Waals surface area (Å²) in [5, 5.41) is 3.40. The lowest BCUT2D eigenvalue weighted by Gasteiger charge is -2.29. The normalized spacial score (nSPS) is 12.4. The number of rotatable bonds is 9. The van der Waals surface area contributed by atoms with Gasteiger partial charge in [0.2, 0.25) is 0 Å². The monoisotopic (exact) mass is 280 g/mol. The molecule has 1 N–H and O–H groups in total. The molecule has 0 aromatic heterocycles. The van der Waals surface area contributed by atoms with Gasteiger partial charge in [-0.05, 0) is 44.9 Å². The summed E-state index contributed by atoms with van der Waals surface area (Å²) in [6, 6.07) is 5.48. The number of nitrogens with one attached hydrogen (secondary N) is 1. The van der Waals surface area contributed by atoms with Crippen LogP contribution in [0.1, 0.15) is 58.6 Å². The van der Waals surface area contributed by atoms with Crippen LogP contribution in [0.4, 0.5) is 10.1 Å². The van der Waals surface area contributed by atoms with Crippen LogP contribution >= 0.6 is 0 Å². The van der Waals surface area contributed by atoms with Crippen molar-refractivity contribution in [3.63, 3.8) is 0 Å². The lowest BCUT2D eigenvalue weighted by molar-refractivity contribution is 0.525. The van der Waals surface area contributed by atoms with Crippen molar-refractivity contribution in [2.45, 2.75) is 53.0 Å². The summed E-state index contributed by atoms with van der Waals surface area (Å²) in [6.45, 7) is 11.4. The Kier molecular flexibility index (Phi) is 7.60. The summed E-state index contributed by atoms with van der Waals surface area (Å²) in [4.78, 5) is 2.31. The fourth-order valence-corrected chi connectivity index (χ4v) is 2.59. The Bertz CT molecular complexity index is 387. The Morgan fingerprint density at radius 3 is 2.30 bits per heavy atom. The van der Waals surface area contributed by atoms with Crippen LogP contribution in [0, 0.1) is 5.82 Å². The number of hydrogen-bond donors (Lipinski definition) is 1. The molecular formula is C17H29FN2. The number of hydrogen-bond acceptors (Lipinski definition) is 2. The van der Waals surface area contributed by atoms with Gasteiger partial charge in [0, 0.05) is 30.4 Å². The van der Waals surface area contributed by atoms with E-state index in [2.05, 4.69) is 31.0 Å². The van der Waals surface area contributed by atoms with Gasteiger partial charge in [0.1, 0.15) is 5.82 Å². The van der Waals surface area contributed by atoms with E-state index in [1.54, 1.807) is 6.07 Å². The van der Waals surface area contributed by atoms with Gasteiger partial charge in [-0.1, -0.05) is 26.8 Å². The van der Waals surface area contributed by atoms with E-state index in [0.717, 1.165) is 50.1 Å². The second-order valence-electron chi connectivity index (χ2n) is 5.34. The molecule has 0 saturated heterocycles. The van der Waals surface area contributed by atoms with Gasteiger partial charge in [0.15, 0.2) is 0 Å². The maximum absolute atomic E-state index is 14.3. The molecule has 3 heteroatoms. The van der Waals surface area contributed by atoms with Gasteiger partial charge < -0.3 is 10.2 Å². The van der Waals surface area contributed by atoms with Crippen LogP contribution < -0.4 is 10.2 Å². The fourth-order valence-electron chi connectivity index (χ4n) is 2.59. The Hall–Kier alpha value is -1.09. The molecule has 0 fully saturated rings.